The third-order valence-corrected chi connectivity index (χ3v) is 5.31. The molecule has 1 amide bonds. The summed E-state index contributed by atoms with van der Waals surface area (Å²) in [6.45, 7) is -0.178. The Morgan fingerprint density at radius 1 is 1.26 bits per heavy atom. The molecule has 1 fully saturated rings. The number of para-hydroxylation sites is 1. The number of nitrogens with zero attached hydrogens (tertiary/aromatic N) is 4. The smallest absolute Gasteiger partial charge is 0.347 e. The zero-order chi connectivity index (χ0) is 18.4. The Labute approximate surface area is 157 Å². The summed E-state index contributed by atoms with van der Waals surface area (Å²) in [5.74, 6) is 0.632. The number of aromatic nitrogens is 4. The molecule has 0 atom stereocenters. The van der Waals surface area contributed by atoms with E-state index in [2.05, 4.69) is 15.4 Å². The lowest BCUT2D eigenvalue weighted by atomic mass is 10.3. The van der Waals surface area contributed by atoms with Gasteiger partial charge in [-0.25, -0.2) is 14.5 Å². The Hall–Kier alpha value is -3.20. The summed E-state index contributed by atoms with van der Waals surface area (Å²) in [7, 11) is 0. The van der Waals surface area contributed by atoms with Gasteiger partial charge in [-0.05, 0) is 37.1 Å². The zero-order valence-corrected chi connectivity index (χ0v) is 15.0. The summed E-state index contributed by atoms with van der Waals surface area (Å²) < 4.78 is 9.18. The first kappa shape index (κ1) is 16.0. The van der Waals surface area contributed by atoms with Crippen molar-refractivity contribution in [3.63, 3.8) is 0 Å². The highest BCUT2D eigenvalue weighted by Crippen LogP contribution is 2.36. The van der Waals surface area contributed by atoms with Crippen LogP contribution in [0.2, 0.25) is 0 Å². The Morgan fingerprint density at radius 3 is 2.85 bits per heavy atom. The van der Waals surface area contributed by atoms with Crippen molar-refractivity contribution in [3.8, 4) is 11.6 Å². The van der Waals surface area contributed by atoms with Crippen LogP contribution in [0.3, 0.4) is 0 Å². The summed E-state index contributed by atoms with van der Waals surface area (Å²) in [6, 6.07) is 11.3. The molecule has 5 rings (SSSR count). The SMILES string of the molecule is O=C(Cn1nc(-c2ccco2)n(C2CC2)c1=O)Nc1nc2ccccc2s1. The number of carbonyl (C=O) groups is 1. The third kappa shape index (κ3) is 2.95. The maximum atomic E-state index is 12.7. The van der Waals surface area contributed by atoms with Crippen LogP contribution in [0.25, 0.3) is 21.8 Å². The third-order valence-electron chi connectivity index (χ3n) is 4.36. The lowest BCUT2D eigenvalue weighted by molar-refractivity contribution is -0.117. The molecule has 136 valence electrons. The van der Waals surface area contributed by atoms with E-state index in [0.29, 0.717) is 16.7 Å². The molecule has 0 bridgehead atoms. The van der Waals surface area contributed by atoms with Crippen LogP contribution < -0.4 is 11.0 Å². The molecular weight excluding hydrogens is 366 g/mol. The van der Waals surface area contributed by atoms with Crippen LogP contribution in [-0.2, 0) is 11.3 Å². The van der Waals surface area contributed by atoms with Crippen molar-refractivity contribution in [2.45, 2.75) is 25.4 Å². The number of benzene rings is 1. The van der Waals surface area contributed by atoms with Gasteiger partial charge in [0.1, 0.15) is 6.54 Å². The van der Waals surface area contributed by atoms with E-state index < -0.39 is 0 Å². The topological polar surface area (TPSA) is 95.0 Å². The van der Waals surface area contributed by atoms with E-state index in [0.717, 1.165) is 23.1 Å². The van der Waals surface area contributed by atoms with E-state index in [9.17, 15) is 9.59 Å². The van der Waals surface area contributed by atoms with Gasteiger partial charge in [0.25, 0.3) is 0 Å². The Balaban J connectivity index is 1.41. The number of thiazole rings is 1. The monoisotopic (exact) mass is 381 g/mol. The molecule has 1 aliphatic carbocycles. The number of anilines is 1. The maximum Gasteiger partial charge on any atom is 0.347 e. The first-order chi connectivity index (χ1) is 13.2. The van der Waals surface area contributed by atoms with Gasteiger partial charge >= 0.3 is 5.69 Å². The van der Waals surface area contributed by atoms with Crippen molar-refractivity contribution in [1.82, 2.24) is 19.3 Å². The predicted octanol–water partition coefficient (Wildman–Crippen LogP) is 2.89. The van der Waals surface area contributed by atoms with Gasteiger partial charge in [0.15, 0.2) is 10.9 Å². The fourth-order valence-electron chi connectivity index (χ4n) is 2.98. The number of rotatable bonds is 5. The number of fused-ring (bicyclic) bond motifs is 1. The van der Waals surface area contributed by atoms with Crippen molar-refractivity contribution >= 4 is 32.6 Å². The number of hydrogen-bond acceptors (Lipinski definition) is 6. The second kappa shape index (κ2) is 6.20. The molecule has 8 nitrogen and oxygen atoms in total. The van der Waals surface area contributed by atoms with Gasteiger partial charge in [-0.1, -0.05) is 23.5 Å². The zero-order valence-electron chi connectivity index (χ0n) is 14.2. The molecule has 0 radical (unpaired) electrons. The van der Waals surface area contributed by atoms with Crippen LogP contribution in [0.1, 0.15) is 18.9 Å². The molecule has 1 N–H and O–H groups in total. The highest BCUT2D eigenvalue weighted by molar-refractivity contribution is 7.22. The minimum Gasteiger partial charge on any atom is -0.461 e. The highest BCUT2D eigenvalue weighted by atomic mass is 32.1. The van der Waals surface area contributed by atoms with Crippen LogP contribution in [-0.4, -0.2) is 25.2 Å². The molecule has 3 heterocycles. The fourth-order valence-corrected chi connectivity index (χ4v) is 3.86. The number of carbonyl (C=O) groups excluding carboxylic acids is 1. The number of hydrogen-bond donors (Lipinski definition) is 1. The molecule has 0 aliphatic heterocycles. The van der Waals surface area contributed by atoms with Crippen LogP contribution in [0.4, 0.5) is 5.13 Å². The average molecular weight is 381 g/mol. The molecule has 0 spiro atoms. The molecule has 0 saturated heterocycles. The molecule has 1 aliphatic rings. The number of nitrogens with one attached hydrogen (secondary N) is 1. The summed E-state index contributed by atoms with van der Waals surface area (Å²) in [4.78, 5) is 29.5. The van der Waals surface area contributed by atoms with E-state index in [1.54, 1.807) is 16.7 Å². The lowest BCUT2D eigenvalue weighted by Crippen LogP contribution is -2.29. The molecule has 1 aromatic carbocycles. The highest BCUT2D eigenvalue weighted by Gasteiger charge is 2.31. The number of amides is 1. The number of furan rings is 1. The first-order valence-corrected chi connectivity index (χ1v) is 9.39. The van der Waals surface area contributed by atoms with Gasteiger partial charge in [0.05, 0.1) is 16.5 Å². The van der Waals surface area contributed by atoms with E-state index in [1.807, 2.05) is 24.3 Å². The largest absolute Gasteiger partial charge is 0.461 e. The lowest BCUT2D eigenvalue weighted by Gasteiger charge is -2.00. The average Bonchev–Trinajstić information content (AvgIpc) is 3.06. The first-order valence-electron chi connectivity index (χ1n) is 8.58. The van der Waals surface area contributed by atoms with Crippen molar-refractivity contribution < 1.29 is 9.21 Å². The summed E-state index contributed by atoms with van der Waals surface area (Å²) >= 11 is 1.39. The maximum absolute atomic E-state index is 12.7. The summed E-state index contributed by atoms with van der Waals surface area (Å²) in [5, 5.41) is 7.59. The minimum atomic E-state index is -0.345. The fraction of sp³-hybridized carbons (Fsp3) is 0.222. The minimum absolute atomic E-state index is 0.124. The normalized spacial score (nSPS) is 13.9. The van der Waals surface area contributed by atoms with E-state index in [4.69, 9.17) is 4.42 Å². The van der Waals surface area contributed by atoms with Gasteiger partial charge in [0, 0.05) is 6.04 Å². The van der Waals surface area contributed by atoms with E-state index >= 15 is 0 Å². The Bertz CT molecular complexity index is 1150. The standard InChI is InChI=1S/C18H15N5O3S/c24-15(20-17-19-12-4-1-2-6-14(12)27-17)10-22-18(25)23(11-7-8-11)16(21-22)13-5-3-9-26-13/h1-6,9,11H,7-8,10H2,(H,19,20,24). The van der Waals surface area contributed by atoms with Crippen LogP contribution >= 0.6 is 11.3 Å². The van der Waals surface area contributed by atoms with Crippen LogP contribution in [0.15, 0.2) is 51.9 Å². The van der Waals surface area contributed by atoms with Crippen molar-refractivity contribution in [2.75, 3.05) is 5.32 Å². The molecule has 9 heteroatoms. The predicted molar refractivity (Wildman–Crippen MR) is 101 cm³/mol. The molecule has 1 saturated carbocycles. The molecule has 27 heavy (non-hydrogen) atoms. The van der Waals surface area contributed by atoms with Gasteiger partial charge in [0.2, 0.25) is 11.7 Å². The quantitative estimate of drug-likeness (QED) is 0.574. The molecule has 0 unspecified atom stereocenters. The van der Waals surface area contributed by atoms with Gasteiger partial charge in [-0.2, -0.15) is 0 Å². The Morgan fingerprint density at radius 2 is 2.11 bits per heavy atom. The van der Waals surface area contributed by atoms with E-state index in [-0.39, 0.29) is 24.2 Å². The Kier molecular flexibility index (Phi) is 3.68. The van der Waals surface area contributed by atoms with Gasteiger partial charge in [-0.15, -0.1) is 5.10 Å². The van der Waals surface area contributed by atoms with Gasteiger partial charge in [-0.3, -0.25) is 9.36 Å². The van der Waals surface area contributed by atoms with Crippen molar-refractivity contribution in [3.05, 3.63) is 53.1 Å². The van der Waals surface area contributed by atoms with Crippen molar-refractivity contribution in [1.29, 1.82) is 0 Å². The second-order valence-electron chi connectivity index (χ2n) is 6.38. The summed E-state index contributed by atoms with van der Waals surface area (Å²) in [6.07, 6.45) is 3.39. The second-order valence-corrected chi connectivity index (χ2v) is 7.41. The summed E-state index contributed by atoms with van der Waals surface area (Å²) in [5.41, 5.74) is 0.524. The van der Waals surface area contributed by atoms with Crippen molar-refractivity contribution in [2.24, 2.45) is 0 Å². The molecular formula is C18H15N5O3S. The van der Waals surface area contributed by atoms with Gasteiger partial charge < -0.3 is 9.73 Å². The van der Waals surface area contributed by atoms with Crippen LogP contribution in [0.5, 0.6) is 0 Å². The molecule has 4 aromatic rings. The molecule has 3 aromatic heterocycles. The van der Waals surface area contributed by atoms with E-state index in [1.165, 1.54) is 22.3 Å². The van der Waals surface area contributed by atoms with Crippen LogP contribution in [0, 0.1) is 0 Å².